The van der Waals surface area contributed by atoms with Crippen LogP contribution in [-0.2, 0) is 11.3 Å². The van der Waals surface area contributed by atoms with Gasteiger partial charge in [0.2, 0.25) is 11.7 Å². The average Bonchev–Trinajstić information content (AvgIpc) is 3.27. The Balaban J connectivity index is 1.26. The third-order valence-corrected chi connectivity index (χ3v) is 5.27. The van der Waals surface area contributed by atoms with Gasteiger partial charge in [-0.3, -0.25) is 19.8 Å². The molecule has 3 aromatic rings. The van der Waals surface area contributed by atoms with Gasteiger partial charge in [0.15, 0.2) is 12.4 Å². The molecule has 0 unspecified atom stereocenters. The van der Waals surface area contributed by atoms with Crippen molar-refractivity contribution >= 4 is 11.6 Å². The fourth-order valence-electron chi connectivity index (χ4n) is 3.45. The van der Waals surface area contributed by atoms with E-state index in [1.165, 1.54) is 12.1 Å². The van der Waals surface area contributed by atoms with Crippen LogP contribution in [0.5, 0.6) is 5.75 Å². The Morgan fingerprint density at radius 3 is 2.56 bits per heavy atom. The Morgan fingerprint density at radius 2 is 1.84 bits per heavy atom. The number of para-hydroxylation sites is 2. The van der Waals surface area contributed by atoms with E-state index in [9.17, 15) is 14.9 Å². The van der Waals surface area contributed by atoms with Gasteiger partial charge in [-0.1, -0.05) is 47.1 Å². The van der Waals surface area contributed by atoms with Crippen LogP contribution in [0.1, 0.15) is 11.5 Å². The van der Waals surface area contributed by atoms with Gasteiger partial charge in [-0.15, -0.1) is 0 Å². The minimum absolute atomic E-state index is 0.0882. The maximum Gasteiger partial charge on any atom is 0.310 e. The number of aromatic nitrogens is 2. The molecule has 1 aliphatic rings. The Bertz CT molecular complexity index is 1090. The number of nitro groups is 1. The van der Waals surface area contributed by atoms with Crippen LogP contribution in [0, 0.1) is 17.0 Å². The van der Waals surface area contributed by atoms with Crippen molar-refractivity contribution in [3.05, 3.63) is 70.1 Å². The zero-order valence-electron chi connectivity index (χ0n) is 17.6. The number of ether oxygens (including phenoxy) is 1. The molecule has 1 saturated heterocycles. The Hall–Kier alpha value is -3.79. The van der Waals surface area contributed by atoms with Crippen molar-refractivity contribution in [3.63, 3.8) is 0 Å². The van der Waals surface area contributed by atoms with E-state index >= 15 is 0 Å². The second-order valence-corrected chi connectivity index (χ2v) is 7.55. The third-order valence-electron chi connectivity index (χ3n) is 5.27. The SMILES string of the molecule is Cc1ccc(-c2noc(CN3CCN(C(=O)COc4ccccc4[N+](=O)[O-])CC3)n2)cc1. The van der Waals surface area contributed by atoms with Crippen LogP contribution in [0.15, 0.2) is 53.1 Å². The van der Waals surface area contributed by atoms with E-state index in [1.807, 2.05) is 31.2 Å². The quantitative estimate of drug-likeness (QED) is 0.409. The molecule has 0 radical (unpaired) electrons. The van der Waals surface area contributed by atoms with Crippen LogP contribution in [-0.4, -0.2) is 63.6 Å². The molecular weight excluding hydrogens is 414 g/mol. The summed E-state index contributed by atoms with van der Waals surface area (Å²) in [6, 6.07) is 13.9. The van der Waals surface area contributed by atoms with Gasteiger partial charge in [0.1, 0.15) is 0 Å². The molecule has 10 heteroatoms. The zero-order chi connectivity index (χ0) is 22.5. The monoisotopic (exact) mass is 437 g/mol. The lowest BCUT2D eigenvalue weighted by atomic mass is 10.1. The van der Waals surface area contributed by atoms with Gasteiger partial charge >= 0.3 is 5.69 Å². The van der Waals surface area contributed by atoms with Crippen LogP contribution in [0.3, 0.4) is 0 Å². The third kappa shape index (κ3) is 5.09. The molecule has 1 aromatic heterocycles. The highest BCUT2D eigenvalue weighted by Gasteiger charge is 2.24. The second kappa shape index (κ2) is 9.56. The minimum Gasteiger partial charge on any atom is -0.477 e. The lowest BCUT2D eigenvalue weighted by Crippen LogP contribution is -2.49. The number of nitrogens with zero attached hydrogens (tertiary/aromatic N) is 5. The summed E-state index contributed by atoms with van der Waals surface area (Å²) >= 11 is 0. The predicted molar refractivity (Wildman–Crippen MR) is 115 cm³/mol. The highest BCUT2D eigenvalue weighted by Crippen LogP contribution is 2.25. The highest BCUT2D eigenvalue weighted by atomic mass is 16.6. The van der Waals surface area contributed by atoms with Crippen molar-refractivity contribution in [3.8, 4) is 17.1 Å². The van der Waals surface area contributed by atoms with E-state index in [4.69, 9.17) is 9.26 Å². The molecule has 1 aliphatic heterocycles. The summed E-state index contributed by atoms with van der Waals surface area (Å²) in [7, 11) is 0. The summed E-state index contributed by atoms with van der Waals surface area (Å²) in [5.74, 6) is 0.966. The number of amides is 1. The molecule has 1 fully saturated rings. The molecule has 0 saturated carbocycles. The molecule has 0 bridgehead atoms. The van der Waals surface area contributed by atoms with Gasteiger partial charge in [-0.05, 0) is 13.0 Å². The minimum atomic E-state index is -0.527. The molecule has 2 heterocycles. The molecule has 0 N–H and O–H groups in total. The van der Waals surface area contributed by atoms with Crippen molar-refractivity contribution in [1.82, 2.24) is 19.9 Å². The van der Waals surface area contributed by atoms with Crippen LogP contribution >= 0.6 is 0 Å². The number of benzene rings is 2. The first kappa shape index (κ1) is 21.4. The van der Waals surface area contributed by atoms with Crippen molar-refractivity contribution in [1.29, 1.82) is 0 Å². The fourth-order valence-corrected chi connectivity index (χ4v) is 3.45. The maximum atomic E-state index is 12.5. The number of piperazine rings is 1. The first-order valence-electron chi connectivity index (χ1n) is 10.3. The fraction of sp³-hybridized carbons (Fsp3) is 0.318. The van der Waals surface area contributed by atoms with Gasteiger partial charge in [0.25, 0.3) is 5.91 Å². The number of hydrogen-bond acceptors (Lipinski definition) is 8. The summed E-state index contributed by atoms with van der Waals surface area (Å²) in [4.78, 5) is 31.3. The number of hydrogen-bond donors (Lipinski definition) is 0. The Kier molecular flexibility index (Phi) is 6.41. The van der Waals surface area contributed by atoms with Crippen molar-refractivity contribution in [2.75, 3.05) is 32.8 Å². The summed E-state index contributed by atoms with van der Waals surface area (Å²) in [5.41, 5.74) is 1.91. The number of aryl methyl sites for hydroxylation is 1. The molecule has 10 nitrogen and oxygen atoms in total. The average molecular weight is 437 g/mol. The van der Waals surface area contributed by atoms with E-state index in [0.717, 1.165) is 11.1 Å². The molecule has 0 spiro atoms. The Morgan fingerprint density at radius 1 is 1.12 bits per heavy atom. The molecule has 2 aromatic carbocycles. The van der Waals surface area contributed by atoms with Crippen molar-refractivity contribution in [2.24, 2.45) is 0 Å². The first-order chi connectivity index (χ1) is 15.5. The lowest BCUT2D eigenvalue weighted by molar-refractivity contribution is -0.385. The van der Waals surface area contributed by atoms with E-state index in [-0.39, 0.29) is 24.0 Å². The molecule has 4 rings (SSSR count). The molecule has 1 amide bonds. The van der Waals surface area contributed by atoms with Gasteiger partial charge in [-0.25, -0.2) is 0 Å². The Labute approximate surface area is 184 Å². The van der Waals surface area contributed by atoms with E-state index in [1.54, 1.807) is 17.0 Å². The lowest BCUT2D eigenvalue weighted by Gasteiger charge is -2.33. The largest absolute Gasteiger partial charge is 0.477 e. The molecule has 166 valence electrons. The van der Waals surface area contributed by atoms with Crippen LogP contribution < -0.4 is 4.74 Å². The topological polar surface area (TPSA) is 115 Å². The van der Waals surface area contributed by atoms with Crippen molar-refractivity contribution in [2.45, 2.75) is 13.5 Å². The van der Waals surface area contributed by atoms with Crippen molar-refractivity contribution < 1.29 is 19.0 Å². The van der Waals surface area contributed by atoms with Gasteiger partial charge in [0.05, 0.1) is 11.5 Å². The standard InChI is InChI=1S/C22H23N5O5/c1-16-6-8-17(9-7-16)22-23-20(32-24-22)14-25-10-12-26(13-11-25)21(28)15-31-19-5-3-2-4-18(19)27(29)30/h2-9H,10-15H2,1H3. The van der Waals surface area contributed by atoms with E-state index in [2.05, 4.69) is 15.0 Å². The smallest absolute Gasteiger partial charge is 0.310 e. The summed E-state index contributed by atoms with van der Waals surface area (Å²) < 4.78 is 10.8. The van der Waals surface area contributed by atoms with Crippen LogP contribution in [0.4, 0.5) is 5.69 Å². The second-order valence-electron chi connectivity index (χ2n) is 7.55. The number of rotatable bonds is 7. The van der Waals surface area contributed by atoms with Gasteiger partial charge in [0, 0.05) is 37.8 Å². The van der Waals surface area contributed by atoms with Gasteiger partial charge < -0.3 is 14.2 Å². The number of nitro benzene ring substituents is 1. The number of carbonyl (C=O) groups is 1. The number of carbonyl (C=O) groups excluding carboxylic acids is 1. The summed E-state index contributed by atoms with van der Waals surface area (Å²) in [6.07, 6.45) is 0. The maximum absolute atomic E-state index is 12.5. The molecule has 0 atom stereocenters. The summed E-state index contributed by atoms with van der Waals surface area (Å²) in [6.45, 7) is 4.64. The molecule has 0 aliphatic carbocycles. The molecular formula is C22H23N5O5. The van der Waals surface area contributed by atoms with Crippen LogP contribution in [0.2, 0.25) is 0 Å². The highest BCUT2D eigenvalue weighted by molar-refractivity contribution is 5.78. The molecule has 32 heavy (non-hydrogen) atoms. The summed E-state index contributed by atoms with van der Waals surface area (Å²) in [5, 5.41) is 15.1. The van der Waals surface area contributed by atoms with E-state index in [0.29, 0.717) is 44.4 Å². The van der Waals surface area contributed by atoms with Gasteiger partial charge in [-0.2, -0.15) is 4.98 Å². The first-order valence-corrected chi connectivity index (χ1v) is 10.3. The van der Waals surface area contributed by atoms with E-state index < -0.39 is 4.92 Å². The normalized spacial score (nSPS) is 14.3. The van der Waals surface area contributed by atoms with Crippen LogP contribution in [0.25, 0.3) is 11.4 Å². The zero-order valence-corrected chi connectivity index (χ0v) is 17.6. The predicted octanol–water partition coefficient (Wildman–Crippen LogP) is 2.68.